The third kappa shape index (κ3) is 2.24. The molecule has 1 aromatic rings. The standard InChI is InChI=1S/C11H17N3O2/c1-8(16)14-4-2-9(7-14)11-6-10(3-5-15)12-13-11/h6,9,15H,2-5,7H2,1H3,(H,12,13)/t9-/m0/s1. The first-order valence-corrected chi connectivity index (χ1v) is 5.61. The summed E-state index contributed by atoms with van der Waals surface area (Å²) in [5.41, 5.74) is 1.96. The number of aliphatic hydroxyl groups is 1. The van der Waals surface area contributed by atoms with Gasteiger partial charge in [0.15, 0.2) is 0 Å². The lowest BCUT2D eigenvalue weighted by Gasteiger charge is -2.12. The Morgan fingerprint density at radius 3 is 3.19 bits per heavy atom. The molecule has 16 heavy (non-hydrogen) atoms. The molecule has 5 nitrogen and oxygen atoms in total. The van der Waals surface area contributed by atoms with Crippen LogP contribution in [-0.4, -0.2) is 45.8 Å². The number of nitrogens with one attached hydrogen (secondary N) is 1. The number of aromatic nitrogens is 2. The molecule has 2 N–H and O–H groups in total. The minimum absolute atomic E-state index is 0.131. The number of carbonyl (C=O) groups excluding carboxylic acids is 1. The first kappa shape index (κ1) is 11.1. The van der Waals surface area contributed by atoms with Crippen molar-refractivity contribution in [1.29, 1.82) is 0 Å². The van der Waals surface area contributed by atoms with Gasteiger partial charge in [-0.1, -0.05) is 0 Å². The van der Waals surface area contributed by atoms with E-state index in [1.165, 1.54) is 0 Å². The van der Waals surface area contributed by atoms with E-state index in [2.05, 4.69) is 10.2 Å². The summed E-state index contributed by atoms with van der Waals surface area (Å²) in [6.07, 6.45) is 1.58. The molecule has 1 aliphatic heterocycles. The van der Waals surface area contributed by atoms with Crippen LogP contribution in [0.25, 0.3) is 0 Å². The fraction of sp³-hybridized carbons (Fsp3) is 0.636. The van der Waals surface area contributed by atoms with Gasteiger partial charge < -0.3 is 10.0 Å². The monoisotopic (exact) mass is 223 g/mol. The SMILES string of the molecule is CC(=O)N1CC[C@H](c2cc(CCO)[nH]n2)C1. The molecule has 0 unspecified atom stereocenters. The molecule has 0 spiro atoms. The highest BCUT2D eigenvalue weighted by Crippen LogP contribution is 2.26. The summed E-state index contributed by atoms with van der Waals surface area (Å²) in [6, 6.07) is 1.99. The molecule has 1 fully saturated rings. The van der Waals surface area contributed by atoms with Gasteiger partial charge in [0.25, 0.3) is 0 Å². The van der Waals surface area contributed by atoms with Crippen LogP contribution in [0, 0.1) is 0 Å². The van der Waals surface area contributed by atoms with E-state index in [4.69, 9.17) is 5.11 Å². The Morgan fingerprint density at radius 2 is 2.56 bits per heavy atom. The second-order valence-electron chi connectivity index (χ2n) is 4.24. The lowest BCUT2D eigenvalue weighted by atomic mass is 10.0. The second kappa shape index (κ2) is 4.65. The van der Waals surface area contributed by atoms with E-state index in [0.29, 0.717) is 12.3 Å². The zero-order valence-electron chi connectivity index (χ0n) is 9.44. The average Bonchev–Trinajstić information content (AvgIpc) is 2.84. The maximum absolute atomic E-state index is 11.2. The van der Waals surface area contributed by atoms with Crippen molar-refractivity contribution in [2.45, 2.75) is 25.7 Å². The Morgan fingerprint density at radius 1 is 1.75 bits per heavy atom. The summed E-state index contributed by atoms with van der Waals surface area (Å²) in [6.45, 7) is 3.32. The van der Waals surface area contributed by atoms with Crippen LogP contribution in [0.5, 0.6) is 0 Å². The van der Waals surface area contributed by atoms with Crippen LogP contribution < -0.4 is 0 Å². The predicted octanol–water partition coefficient (Wildman–Crippen LogP) is 0.280. The van der Waals surface area contributed by atoms with E-state index < -0.39 is 0 Å². The molecular weight excluding hydrogens is 206 g/mol. The van der Waals surface area contributed by atoms with Crippen molar-refractivity contribution in [3.05, 3.63) is 17.5 Å². The maximum Gasteiger partial charge on any atom is 0.219 e. The number of aromatic amines is 1. The number of H-pyrrole nitrogens is 1. The molecule has 1 aromatic heterocycles. The minimum Gasteiger partial charge on any atom is -0.396 e. The second-order valence-corrected chi connectivity index (χ2v) is 4.24. The third-order valence-corrected chi connectivity index (χ3v) is 3.08. The van der Waals surface area contributed by atoms with Crippen molar-refractivity contribution in [1.82, 2.24) is 15.1 Å². The molecule has 1 aliphatic rings. The Balaban J connectivity index is 2.00. The molecule has 0 aliphatic carbocycles. The number of hydrogen-bond acceptors (Lipinski definition) is 3. The molecule has 0 bridgehead atoms. The zero-order valence-corrected chi connectivity index (χ0v) is 9.44. The molecule has 0 saturated carbocycles. The Hall–Kier alpha value is -1.36. The van der Waals surface area contributed by atoms with Crippen LogP contribution in [0.15, 0.2) is 6.07 Å². The van der Waals surface area contributed by atoms with Crippen molar-refractivity contribution in [2.24, 2.45) is 0 Å². The number of hydrogen-bond donors (Lipinski definition) is 2. The van der Waals surface area contributed by atoms with E-state index in [1.54, 1.807) is 6.92 Å². The lowest BCUT2D eigenvalue weighted by Crippen LogP contribution is -2.25. The zero-order chi connectivity index (χ0) is 11.5. The van der Waals surface area contributed by atoms with Crippen LogP contribution >= 0.6 is 0 Å². The van der Waals surface area contributed by atoms with Gasteiger partial charge in [0, 0.05) is 44.7 Å². The lowest BCUT2D eigenvalue weighted by molar-refractivity contribution is -0.127. The van der Waals surface area contributed by atoms with Crippen LogP contribution in [0.4, 0.5) is 0 Å². The molecule has 88 valence electrons. The number of likely N-dealkylation sites (tertiary alicyclic amines) is 1. The quantitative estimate of drug-likeness (QED) is 0.773. The summed E-state index contributed by atoms with van der Waals surface area (Å²) in [7, 11) is 0. The summed E-state index contributed by atoms with van der Waals surface area (Å²) in [5, 5.41) is 16.0. The van der Waals surface area contributed by atoms with Crippen LogP contribution in [-0.2, 0) is 11.2 Å². The normalized spacial score (nSPS) is 20.4. The van der Waals surface area contributed by atoms with Gasteiger partial charge in [0.05, 0.1) is 5.69 Å². The Labute approximate surface area is 94.5 Å². The van der Waals surface area contributed by atoms with Gasteiger partial charge >= 0.3 is 0 Å². The number of nitrogens with zero attached hydrogens (tertiary/aromatic N) is 2. The van der Waals surface area contributed by atoms with Crippen LogP contribution in [0.1, 0.15) is 30.7 Å². The van der Waals surface area contributed by atoms with Crippen LogP contribution in [0.3, 0.4) is 0 Å². The van der Waals surface area contributed by atoms with Crippen LogP contribution in [0.2, 0.25) is 0 Å². The van der Waals surface area contributed by atoms with Gasteiger partial charge in [-0.15, -0.1) is 0 Å². The summed E-state index contributed by atoms with van der Waals surface area (Å²) < 4.78 is 0. The minimum atomic E-state index is 0.131. The molecule has 1 atom stereocenters. The van der Waals surface area contributed by atoms with E-state index in [1.807, 2.05) is 11.0 Å². The van der Waals surface area contributed by atoms with Crippen molar-refractivity contribution < 1.29 is 9.90 Å². The first-order chi connectivity index (χ1) is 7.70. The Kier molecular flexibility index (Phi) is 3.24. The summed E-state index contributed by atoms with van der Waals surface area (Å²) in [5.74, 6) is 0.473. The van der Waals surface area contributed by atoms with Gasteiger partial charge in [-0.2, -0.15) is 5.10 Å². The maximum atomic E-state index is 11.2. The molecule has 5 heteroatoms. The van der Waals surface area contributed by atoms with Gasteiger partial charge in [0.2, 0.25) is 5.91 Å². The van der Waals surface area contributed by atoms with Crippen molar-refractivity contribution in [3.63, 3.8) is 0 Å². The number of rotatable bonds is 3. The van der Waals surface area contributed by atoms with Gasteiger partial charge in [-0.3, -0.25) is 9.89 Å². The molecule has 0 aromatic carbocycles. The Bertz CT molecular complexity index is 375. The molecule has 1 amide bonds. The van der Waals surface area contributed by atoms with E-state index >= 15 is 0 Å². The third-order valence-electron chi connectivity index (χ3n) is 3.08. The van der Waals surface area contributed by atoms with Crippen molar-refractivity contribution >= 4 is 5.91 Å². The largest absolute Gasteiger partial charge is 0.396 e. The average molecular weight is 223 g/mol. The molecule has 1 saturated heterocycles. The van der Waals surface area contributed by atoms with Gasteiger partial charge in [-0.25, -0.2) is 0 Å². The highest BCUT2D eigenvalue weighted by atomic mass is 16.3. The molecular formula is C11H17N3O2. The van der Waals surface area contributed by atoms with Gasteiger partial charge in [0.1, 0.15) is 0 Å². The topological polar surface area (TPSA) is 69.2 Å². The van der Waals surface area contributed by atoms with Gasteiger partial charge in [-0.05, 0) is 12.5 Å². The van der Waals surface area contributed by atoms with Crippen molar-refractivity contribution in [2.75, 3.05) is 19.7 Å². The summed E-state index contributed by atoms with van der Waals surface area (Å²) >= 11 is 0. The van der Waals surface area contributed by atoms with E-state index in [9.17, 15) is 4.79 Å². The molecule has 2 rings (SSSR count). The van der Waals surface area contributed by atoms with E-state index in [0.717, 1.165) is 30.9 Å². The highest BCUT2D eigenvalue weighted by molar-refractivity contribution is 5.73. The number of carbonyl (C=O) groups is 1. The van der Waals surface area contributed by atoms with E-state index in [-0.39, 0.29) is 12.5 Å². The fourth-order valence-corrected chi connectivity index (χ4v) is 2.12. The van der Waals surface area contributed by atoms with Crippen molar-refractivity contribution in [3.8, 4) is 0 Å². The highest BCUT2D eigenvalue weighted by Gasteiger charge is 2.26. The molecule has 0 radical (unpaired) electrons. The molecule has 2 heterocycles. The summed E-state index contributed by atoms with van der Waals surface area (Å²) in [4.78, 5) is 13.0. The number of aliphatic hydroxyl groups excluding tert-OH is 1. The number of amides is 1. The predicted molar refractivity (Wildman–Crippen MR) is 59.0 cm³/mol. The first-order valence-electron chi connectivity index (χ1n) is 5.61. The fourth-order valence-electron chi connectivity index (χ4n) is 2.12. The smallest absolute Gasteiger partial charge is 0.219 e.